The maximum Gasteiger partial charge on any atom is 0.326 e. The van der Waals surface area contributed by atoms with E-state index in [1.165, 1.54) is 12.1 Å². The van der Waals surface area contributed by atoms with E-state index in [0.717, 1.165) is 0 Å². The van der Waals surface area contributed by atoms with Gasteiger partial charge in [0.1, 0.15) is 11.8 Å². The Kier molecular flexibility index (Phi) is 4.29. The van der Waals surface area contributed by atoms with E-state index in [-0.39, 0.29) is 12.2 Å². The molecule has 0 bridgehead atoms. The van der Waals surface area contributed by atoms with Crippen molar-refractivity contribution in [1.82, 2.24) is 10.9 Å². The van der Waals surface area contributed by atoms with E-state index in [4.69, 9.17) is 15.9 Å². The quantitative estimate of drug-likeness (QED) is 0.445. The summed E-state index contributed by atoms with van der Waals surface area (Å²) in [4.78, 5) is 21.3. The van der Waals surface area contributed by atoms with Gasteiger partial charge >= 0.3 is 12.0 Å². The number of carboxylic acids is 1. The number of primary amides is 1. The summed E-state index contributed by atoms with van der Waals surface area (Å²) in [7, 11) is 0. The molecule has 92 valence electrons. The van der Waals surface area contributed by atoms with Gasteiger partial charge in [-0.1, -0.05) is 12.1 Å². The number of carboxylic acid groups (broad SMARTS) is 1. The van der Waals surface area contributed by atoms with Gasteiger partial charge in [0.05, 0.1) is 0 Å². The molecule has 0 aliphatic rings. The van der Waals surface area contributed by atoms with Crippen LogP contribution in [0.3, 0.4) is 0 Å². The second-order valence-electron chi connectivity index (χ2n) is 3.39. The molecule has 7 heteroatoms. The van der Waals surface area contributed by atoms with Crippen LogP contribution in [0.15, 0.2) is 24.3 Å². The fraction of sp³-hybridized carbons (Fsp3) is 0.200. The zero-order valence-corrected chi connectivity index (χ0v) is 8.88. The van der Waals surface area contributed by atoms with Crippen LogP contribution in [0, 0.1) is 0 Å². The minimum atomic E-state index is -1.12. The Balaban J connectivity index is 2.63. The first-order valence-electron chi connectivity index (χ1n) is 4.80. The lowest BCUT2D eigenvalue weighted by Crippen LogP contribution is -2.50. The van der Waals surface area contributed by atoms with Crippen LogP contribution in [0.5, 0.6) is 5.75 Å². The van der Waals surface area contributed by atoms with E-state index in [0.29, 0.717) is 5.56 Å². The number of carbonyl (C=O) groups excluding carboxylic acids is 1. The van der Waals surface area contributed by atoms with Crippen LogP contribution in [-0.4, -0.2) is 28.3 Å². The van der Waals surface area contributed by atoms with Crippen LogP contribution >= 0.6 is 0 Å². The summed E-state index contributed by atoms with van der Waals surface area (Å²) in [5, 5.41) is 18.0. The van der Waals surface area contributed by atoms with E-state index in [1.54, 1.807) is 12.1 Å². The minimum Gasteiger partial charge on any atom is -0.508 e. The van der Waals surface area contributed by atoms with Gasteiger partial charge in [0.15, 0.2) is 0 Å². The average Bonchev–Trinajstić information content (AvgIpc) is 2.26. The molecule has 6 N–H and O–H groups in total. The number of aromatic hydroxyl groups is 1. The molecular formula is C10H13N3O4. The normalized spacial score (nSPS) is 11.8. The summed E-state index contributed by atoms with van der Waals surface area (Å²) in [5.41, 5.74) is 9.83. The maximum atomic E-state index is 10.9. The fourth-order valence-corrected chi connectivity index (χ4v) is 1.23. The molecule has 0 fully saturated rings. The number of rotatable bonds is 5. The van der Waals surface area contributed by atoms with Gasteiger partial charge in [-0.05, 0) is 17.7 Å². The molecule has 0 aliphatic carbocycles. The van der Waals surface area contributed by atoms with Crippen molar-refractivity contribution in [3.05, 3.63) is 29.8 Å². The van der Waals surface area contributed by atoms with Crippen molar-refractivity contribution in [1.29, 1.82) is 0 Å². The van der Waals surface area contributed by atoms with E-state index in [1.807, 2.05) is 5.43 Å². The summed E-state index contributed by atoms with van der Waals surface area (Å²) in [5.74, 6) is -1.02. The summed E-state index contributed by atoms with van der Waals surface area (Å²) in [6.07, 6.45) is 0.149. The Morgan fingerprint density at radius 2 is 1.88 bits per heavy atom. The number of phenolic OH excluding ortho intramolecular Hbond substituents is 1. The fourth-order valence-electron chi connectivity index (χ4n) is 1.23. The monoisotopic (exact) mass is 239 g/mol. The highest BCUT2D eigenvalue weighted by Crippen LogP contribution is 2.11. The van der Waals surface area contributed by atoms with Crippen molar-refractivity contribution >= 4 is 12.0 Å². The first-order valence-corrected chi connectivity index (χ1v) is 4.80. The van der Waals surface area contributed by atoms with E-state index < -0.39 is 18.0 Å². The number of hydrazine groups is 1. The SMILES string of the molecule is NC(=O)NNC(Cc1ccc(O)cc1)C(=O)O. The van der Waals surface area contributed by atoms with Crippen LogP contribution in [0.4, 0.5) is 4.79 Å². The Morgan fingerprint density at radius 1 is 1.29 bits per heavy atom. The van der Waals surface area contributed by atoms with Crippen molar-refractivity contribution in [3.8, 4) is 5.75 Å². The molecule has 1 aromatic rings. The third-order valence-corrected chi connectivity index (χ3v) is 2.04. The predicted molar refractivity (Wildman–Crippen MR) is 59.1 cm³/mol. The molecule has 0 spiro atoms. The second-order valence-corrected chi connectivity index (χ2v) is 3.39. The number of carbonyl (C=O) groups is 2. The second kappa shape index (κ2) is 5.71. The van der Waals surface area contributed by atoms with Gasteiger partial charge in [-0.15, -0.1) is 0 Å². The smallest absolute Gasteiger partial charge is 0.326 e. The van der Waals surface area contributed by atoms with Crippen molar-refractivity contribution < 1.29 is 19.8 Å². The number of nitrogens with one attached hydrogen (secondary N) is 2. The highest BCUT2D eigenvalue weighted by atomic mass is 16.4. The van der Waals surface area contributed by atoms with E-state index >= 15 is 0 Å². The van der Waals surface area contributed by atoms with Gasteiger partial charge in [-0.2, -0.15) is 0 Å². The Labute approximate surface area is 97.2 Å². The molecule has 2 amide bonds. The number of phenols is 1. The molecule has 0 saturated carbocycles. The molecule has 0 saturated heterocycles. The van der Waals surface area contributed by atoms with Crippen LogP contribution in [0.25, 0.3) is 0 Å². The lowest BCUT2D eigenvalue weighted by atomic mass is 10.1. The third-order valence-electron chi connectivity index (χ3n) is 2.04. The van der Waals surface area contributed by atoms with Gasteiger partial charge in [0, 0.05) is 6.42 Å². The van der Waals surface area contributed by atoms with Crippen molar-refractivity contribution in [2.24, 2.45) is 5.73 Å². The van der Waals surface area contributed by atoms with Gasteiger partial charge in [0.2, 0.25) is 0 Å². The molecule has 0 aliphatic heterocycles. The van der Waals surface area contributed by atoms with Gasteiger partial charge < -0.3 is 15.9 Å². The Hall–Kier alpha value is -2.28. The minimum absolute atomic E-state index is 0.101. The summed E-state index contributed by atoms with van der Waals surface area (Å²) in [6.45, 7) is 0. The molecule has 1 unspecified atom stereocenters. The van der Waals surface area contributed by atoms with Crippen LogP contribution in [-0.2, 0) is 11.2 Å². The first-order chi connectivity index (χ1) is 7.99. The molecule has 17 heavy (non-hydrogen) atoms. The number of hydrogen-bond donors (Lipinski definition) is 5. The van der Waals surface area contributed by atoms with Crippen molar-refractivity contribution in [2.45, 2.75) is 12.5 Å². The standard InChI is InChI=1S/C10H13N3O4/c11-10(17)13-12-8(9(15)16)5-6-1-3-7(14)4-2-6/h1-4,8,12,14H,5H2,(H,15,16)(H3,11,13,17). The van der Waals surface area contributed by atoms with Crippen LogP contribution in [0.2, 0.25) is 0 Å². The van der Waals surface area contributed by atoms with Gasteiger partial charge in [0.25, 0.3) is 0 Å². The number of amides is 2. The topological polar surface area (TPSA) is 125 Å². The highest BCUT2D eigenvalue weighted by Gasteiger charge is 2.17. The zero-order valence-electron chi connectivity index (χ0n) is 8.88. The van der Waals surface area contributed by atoms with Crippen LogP contribution in [0.1, 0.15) is 5.56 Å². The highest BCUT2D eigenvalue weighted by molar-refractivity contribution is 5.75. The lowest BCUT2D eigenvalue weighted by Gasteiger charge is -2.14. The maximum absolute atomic E-state index is 10.9. The Bertz CT molecular complexity index is 405. The molecule has 0 heterocycles. The summed E-state index contributed by atoms with van der Waals surface area (Å²) < 4.78 is 0. The lowest BCUT2D eigenvalue weighted by molar-refractivity contribution is -0.139. The molecular weight excluding hydrogens is 226 g/mol. The summed E-state index contributed by atoms with van der Waals surface area (Å²) >= 11 is 0. The molecule has 0 radical (unpaired) electrons. The van der Waals surface area contributed by atoms with E-state index in [9.17, 15) is 9.59 Å². The summed E-state index contributed by atoms with van der Waals surface area (Å²) in [6, 6.07) is 4.24. The third kappa shape index (κ3) is 4.39. The molecule has 1 rings (SSSR count). The first kappa shape index (κ1) is 12.8. The predicted octanol–water partition coefficient (Wildman–Crippen LogP) is -0.439. The number of urea groups is 1. The molecule has 1 atom stereocenters. The van der Waals surface area contributed by atoms with E-state index in [2.05, 4.69) is 5.43 Å². The number of hydrogen-bond acceptors (Lipinski definition) is 4. The average molecular weight is 239 g/mol. The number of aliphatic carboxylic acids is 1. The molecule has 0 aromatic heterocycles. The Morgan fingerprint density at radius 3 is 2.35 bits per heavy atom. The zero-order chi connectivity index (χ0) is 12.8. The van der Waals surface area contributed by atoms with Crippen molar-refractivity contribution in [3.63, 3.8) is 0 Å². The number of nitrogens with two attached hydrogens (primary N) is 1. The largest absolute Gasteiger partial charge is 0.508 e. The molecule has 7 nitrogen and oxygen atoms in total. The van der Waals surface area contributed by atoms with Crippen LogP contribution < -0.4 is 16.6 Å². The number of benzene rings is 1. The molecule has 1 aromatic carbocycles. The van der Waals surface area contributed by atoms with Crippen molar-refractivity contribution in [2.75, 3.05) is 0 Å². The van der Waals surface area contributed by atoms with Gasteiger partial charge in [-0.3, -0.25) is 10.2 Å². The van der Waals surface area contributed by atoms with Gasteiger partial charge in [-0.25, -0.2) is 10.2 Å².